The maximum atomic E-state index is 13.0. The summed E-state index contributed by atoms with van der Waals surface area (Å²) in [6.45, 7) is 5.73. The second kappa shape index (κ2) is 6.94. The van der Waals surface area contributed by atoms with E-state index in [0.717, 1.165) is 27.8 Å². The van der Waals surface area contributed by atoms with Gasteiger partial charge in [0.2, 0.25) is 0 Å². The van der Waals surface area contributed by atoms with Gasteiger partial charge in [-0.2, -0.15) is 0 Å². The minimum absolute atomic E-state index is 0.0156. The van der Waals surface area contributed by atoms with Gasteiger partial charge in [-0.3, -0.25) is 9.78 Å². The van der Waals surface area contributed by atoms with Gasteiger partial charge < -0.3 is 5.11 Å². The molecule has 1 aromatic heterocycles. The van der Waals surface area contributed by atoms with Gasteiger partial charge in [0.15, 0.2) is 5.78 Å². The number of rotatable bonds is 3. The highest BCUT2D eigenvalue weighted by Gasteiger charge is 2.35. The highest BCUT2D eigenvalue weighted by Crippen LogP contribution is 2.38. The first kappa shape index (κ1) is 17.0. The molecule has 0 fully saturated rings. The zero-order valence-corrected chi connectivity index (χ0v) is 14.8. The van der Waals surface area contributed by atoms with E-state index in [9.17, 15) is 9.90 Å². The Morgan fingerprint density at radius 1 is 1.28 bits per heavy atom. The predicted octanol–water partition coefficient (Wildman–Crippen LogP) is 4.17. The van der Waals surface area contributed by atoms with Crippen molar-refractivity contribution < 1.29 is 9.90 Å². The van der Waals surface area contributed by atoms with Crippen molar-refractivity contribution in [1.29, 1.82) is 0 Å². The lowest BCUT2D eigenvalue weighted by molar-refractivity contribution is -0.116. The summed E-state index contributed by atoms with van der Waals surface area (Å²) in [6, 6.07) is 7.77. The summed E-state index contributed by atoms with van der Waals surface area (Å²) in [7, 11) is 0. The molecule has 0 spiro atoms. The van der Waals surface area contributed by atoms with Crippen LogP contribution in [-0.4, -0.2) is 15.9 Å². The van der Waals surface area contributed by atoms with Crippen LogP contribution < -0.4 is 0 Å². The van der Waals surface area contributed by atoms with Crippen LogP contribution in [0.15, 0.2) is 42.4 Å². The zero-order chi connectivity index (χ0) is 18.0. The van der Waals surface area contributed by atoms with E-state index in [0.29, 0.717) is 18.4 Å². The van der Waals surface area contributed by atoms with Crippen molar-refractivity contribution in [2.75, 3.05) is 0 Å². The van der Waals surface area contributed by atoms with E-state index in [2.05, 4.69) is 16.8 Å². The van der Waals surface area contributed by atoms with Gasteiger partial charge in [0.25, 0.3) is 0 Å². The molecule has 0 radical (unpaired) electrons. The maximum absolute atomic E-state index is 13.0. The minimum Gasteiger partial charge on any atom is -0.512 e. The molecule has 0 aliphatic heterocycles. The van der Waals surface area contributed by atoms with E-state index in [1.165, 1.54) is 0 Å². The van der Waals surface area contributed by atoms with Crippen LogP contribution in [0.1, 0.15) is 41.2 Å². The highest BCUT2D eigenvalue weighted by atomic mass is 16.3. The lowest BCUT2D eigenvalue weighted by atomic mass is 9.89. The first-order chi connectivity index (χ1) is 12.0. The summed E-state index contributed by atoms with van der Waals surface area (Å²) in [4.78, 5) is 17.1. The smallest absolute Gasteiger partial charge is 0.170 e. The molecule has 0 saturated carbocycles. The van der Waals surface area contributed by atoms with Crippen LogP contribution in [0.5, 0.6) is 0 Å². The van der Waals surface area contributed by atoms with Crippen molar-refractivity contribution in [2.45, 2.75) is 33.6 Å². The maximum Gasteiger partial charge on any atom is 0.170 e. The number of aryl methyl sites for hydroxylation is 2. The minimum atomic E-state index is -0.229. The fourth-order valence-electron chi connectivity index (χ4n) is 3.58. The Morgan fingerprint density at radius 2 is 2.00 bits per heavy atom. The van der Waals surface area contributed by atoms with Gasteiger partial charge in [-0.1, -0.05) is 12.0 Å². The van der Waals surface area contributed by atoms with Gasteiger partial charge in [-0.15, -0.1) is 5.92 Å². The Morgan fingerprint density at radius 3 is 2.60 bits per heavy atom. The molecule has 25 heavy (non-hydrogen) atoms. The molecule has 1 N–H and O–H groups in total. The quantitative estimate of drug-likeness (QED) is 0.859. The number of hydrogen-bond acceptors (Lipinski definition) is 3. The highest BCUT2D eigenvalue weighted by molar-refractivity contribution is 6.25. The molecule has 2 aromatic rings. The van der Waals surface area contributed by atoms with Crippen LogP contribution in [0.4, 0.5) is 0 Å². The lowest BCUT2D eigenvalue weighted by Gasteiger charge is -2.13. The number of carbonyl (C=O) groups is 1. The largest absolute Gasteiger partial charge is 0.512 e. The van der Waals surface area contributed by atoms with Gasteiger partial charge in [0, 0.05) is 30.3 Å². The van der Waals surface area contributed by atoms with Crippen molar-refractivity contribution in [2.24, 2.45) is 5.92 Å². The molecule has 3 nitrogen and oxygen atoms in total. The Balaban J connectivity index is 1.94. The van der Waals surface area contributed by atoms with E-state index < -0.39 is 0 Å². The number of ketones is 1. The van der Waals surface area contributed by atoms with Crippen molar-refractivity contribution in [1.82, 2.24) is 4.98 Å². The molecule has 1 heterocycles. The van der Waals surface area contributed by atoms with Crippen LogP contribution in [0.25, 0.3) is 5.57 Å². The number of pyridine rings is 1. The SMILES string of the molecule is CC#Cc1cc(C)c(C2=C(O)CC(Cc3cccnc3)C2=O)c(C)c1. The van der Waals surface area contributed by atoms with Gasteiger partial charge in [-0.05, 0) is 67.6 Å². The van der Waals surface area contributed by atoms with Crippen molar-refractivity contribution in [3.05, 3.63) is 70.2 Å². The van der Waals surface area contributed by atoms with Crippen molar-refractivity contribution >= 4 is 11.4 Å². The third kappa shape index (κ3) is 3.34. The number of aliphatic hydroxyl groups excluding tert-OH is 1. The van der Waals surface area contributed by atoms with E-state index in [1.54, 1.807) is 19.3 Å². The van der Waals surface area contributed by atoms with E-state index in [4.69, 9.17) is 0 Å². The normalized spacial score (nSPS) is 16.8. The fraction of sp³-hybridized carbons (Fsp3) is 0.273. The molecule has 0 bridgehead atoms. The summed E-state index contributed by atoms with van der Waals surface area (Å²) in [5.41, 5.74) is 5.19. The lowest BCUT2D eigenvalue weighted by Crippen LogP contribution is -2.14. The number of nitrogens with zero attached hydrogens (tertiary/aromatic N) is 1. The summed E-state index contributed by atoms with van der Waals surface area (Å²) >= 11 is 0. The monoisotopic (exact) mass is 331 g/mol. The number of Topliss-reactive ketones (excluding diaryl/α,β-unsaturated/α-hetero) is 1. The molecular weight excluding hydrogens is 310 g/mol. The average Bonchev–Trinajstić information content (AvgIpc) is 2.83. The van der Waals surface area contributed by atoms with E-state index >= 15 is 0 Å². The van der Waals surface area contributed by atoms with Crippen LogP contribution in [0.2, 0.25) is 0 Å². The summed E-state index contributed by atoms with van der Waals surface area (Å²) in [5, 5.41) is 10.5. The number of allylic oxidation sites excluding steroid dienone is 2. The Kier molecular flexibility index (Phi) is 4.72. The first-order valence-corrected chi connectivity index (χ1v) is 8.41. The molecule has 126 valence electrons. The van der Waals surface area contributed by atoms with Gasteiger partial charge in [0.05, 0.1) is 5.57 Å². The van der Waals surface area contributed by atoms with Crippen LogP contribution in [0.3, 0.4) is 0 Å². The molecule has 1 aliphatic carbocycles. The number of aliphatic hydroxyl groups is 1. The number of benzene rings is 1. The molecule has 1 unspecified atom stereocenters. The van der Waals surface area contributed by atoms with Crippen LogP contribution in [-0.2, 0) is 11.2 Å². The van der Waals surface area contributed by atoms with Crippen LogP contribution >= 0.6 is 0 Å². The van der Waals surface area contributed by atoms with Gasteiger partial charge >= 0.3 is 0 Å². The fourth-order valence-corrected chi connectivity index (χ4v) is 3.58. The number of carbonyl (C=O) groups excluding carboxylic acids is 1. The Hall–Kier alpha value is -2.86. The second-order valence-corrected chi connectivity index (χ2v) is 6.51. The molecule has 1 aliphatic rings. The molecular formula is C22H21NO2. The molecule has 1 atom stereocenters. The summed E-state index contributed by atoms with van der Waals surface area (Å²) in [5.74, 6) is 5.93. The van der Waals surface area contributed by atoms with Crippen LogP contribution in [0, 0.1) is 31.6 Å². The average molecular weight is 331 g/mol. The Bertz CT molecular complexity index is 891. The molecule has 0 saturated heterocycles. The third-order valence-electron chi connectivity index (χ3n) is 4.60. The molecule has 3 rings (SSSR count). The van der Waals surface area contributed by atoms with Gasteiger partial charge in [-0.25, -0.2) is 0 Å². The summed E-state index contributed by atoms with van der Waals surface area (Å²) < 4.78 is 0. The molecule has 1 aromatic carbocycles. The number of aromatic nitrogens is 1. The van der Waals surface area contributed by atoms with Crippen molar-refractivity contribution in [3.8, 4) is 11.8 Å². The standard InChI is InChI=1S/C22H21NO2/c1-4-6-16-9-14(2)20(15(3)10-16)21-19(24)12-18(22(21)25)11-17-7-5-8-23-13-17/h5,7-10,13,18,24H,11-12H2,1-3H3. The van der Waals surface area contributed by atoms with E-state index in [-0.39, 0.29) is 17.5 Å². The summed E-state index contributed by atoms with van der Waals surface area (Å²) in [6.07, 6.45) is 4.47. The van der Waals surface area contributed by atoms with E-state index in [1.807, 2.05) is 38.1 Å². The topological polar surface area (TPSA) is 50.2 Å². The second-order valence-electron chi connectivity index (χ2n) is 6.51. The number of hydrogen-bond donors (Lipinski definition) is 1. The van der Waals surface area contributed by atoms with Gasteiger partial charge in [0.1, 0.15) is 5.76 Å². The molecule has 3 heteroatoms. The Labute approximate surface area is 148 Å². The molecule has 0 amide bonds. The van der Waals surface area contributed by atoms with Crippen molar-refractivity contribution in [3.63, 3.8) is 0 Å². The first-order valence-electron chi connectivity index (χ1n) is 8.41. The predicted molar refractivity (Wildman–Crippen MR) is 99.1 cm³/mol. The zero-order valence-electron chi connectivity index (χ0n) is 14.8. The third-order valence-corrected chi connectivity index (χ3v) is 4.60.